The minimum absolute atomic E-state index is 0.144. The number of carbonyl (C=O) groups excluding carboxylic acids is 1. The molecule has 0 saturated carbocycles. The molecular weight excluding hydrogens is 380 g/mol. The monoisotopic (exact) mass is 396 g/mol. The Bertz CT molecular complexity index is 1310. The number of nitrogens with one attached hydrogen (secondary N) is 1. The van der Waals surface area contributed by atoms with Crippen LogP contribution in [-0.2, 0) is 6.54 Å². The van der Waals surface area contributed by atoms with Gasteiger partial charge < -0.3 is 14.3 Å². The molecule has 1 amide bonds. The molecule has 1 N–H and O–H groups in total. The summed E-state index contributed by atoms with van der Waals surface area (Å²) in [7, 11) is 0. The summed E-state index contributed by atoms with van der Waals surface area (Å²) in [4.78, 5) is 21.1. The summed E-state index contributed by atoms with van der Waals surface area (Å²) in [6.07, 6.45) is 0. The lowest BCUT2D eigenvalue weighted by Crippen LogP contribution is -2.22. The third kappa shape index (κ3) is 3.56. The Hall–Kier alpha value is -4.26. The standard InChI is InChI=1S/C23H16N4O3/c28-22(15-7-3-1-4-8-15)24-14-20-26-21(27-30-20)17-11-12-19-18(13-17)25-23(29-19)16-9-5-2-6-10-16/h1-13H,14H2,(H,24,28). The molecular formula is C23H16N4O3. The van der Waals surface area contributed by atoms with E-state index in [9.17, 15) is 4.79 Å². The number of fused-ring (bicyclic) bond motifs is 1. The Balaban J connectivity index is 1.33. The van der Waals surface area contributed by atoms with Gasteiger partial charge in [-0.05, 0) is 42.5 Å². The molecule has 146 valence electrons. The molecule has 30 heavy (non-hydrogen) atoms. The lowest BCUT2D eigenvalue weighted by Gasteiger charge is -2.01. The molecule has 0 aliphatic carbocycles. The van der Waals surface area contributed by atoms with E-state index in [1.165, 1.54) is 0 Å². The first-order valence-electron chi connectivity index (χ1n) is 9.38. The fourth-order valence-electron chi connectivity index (χ4n) is 3.06. The van der Waals surface area contributed by atoms with Crippen molar-refractivity contribution < 1.29 is 13.7 Å². The van der Waals surface area contributed by atoms with Gasteiger partial charge in [-0.2, -0.15) is 4.98 Å². The molecule has 2 aromatic heterocycles. The van der Waals surface area contributed by atoms with Gasteiger partial charge in [-0.3, -0.25) is 4.79 Å². The van der Waals surface area contributed by atoms with Gasteiger partial charge in [-0.1, -0.05) is 41.6 Å². The minimum Gasteiger partial charge on any atom is -0.436 e. The van der Waals surface area contributed by atoms with Crippen molar-refractivity contribution in [2.75, 3.05) is 0 Å². The Morgan fingerprint density at radius 2 is 1.63 bits per heavy atom. The maximum atomic E-state index is 12.1. The molecule has 5 rings (SSSR count). The molecule has 0 spiro atoms. The normalized spacial score (nSPS) is 10.9. The molecule has 2 heterocycles. The predicted octanol–water partition coefficient (Wildman–Crippen LogP) is 4.47. The van der Waals surface area contributed by atoms with Crippen molar-refractivity contribution in [1.82, 2.24) is 20.4 Å². The number of amides is 1. The first-order valence-corrected chi connectivity index (χ1v) is 9.38. The Labute approximate surface area is 171 Å². The highest BCUT2D eigenvalue weighted by molar-refractivity contribution is 5.94. The van der Waals surface area contributed by atoms with Gasteiger partial charge in [-0.15, -0.1) is 0 Å². The second-order valence-corrected chi connectivity index (χ2v) is 6.63. The smallest absolute Gasteiger partial charge is 0.251 e. The van der Waals surface area contributed by atoms with Crippen LogP contribution in [0.4, 0.5) is 0 Å². The van der Waals surface area contributed by atoms with Crippen molar-refractivity contribution in [3.8, 4) is 22.8 Å². The molecule has 5 aromatic rings. The lowest BCUT2D eigenvalue weighted by atomic mass is 10.2. The van der Waals surface area contributed by atoms with Crippen LogP contribution >= 0.6 is 0 Å². The van der Waals surface area contributed by atoms with E-state index in [0.29, 0.717) is 34.3 Å². The Kier molecular flexibility index (Phi) is 4.53. The molecule has 0 aliphatic rings. The van der Waals surface area contributed by atoms with Gasteiger partial charge in [-0.25, -0.2) is 4.98 Å². The van der Waals surface area contributed by atoms with Crippen LogP contribution in [0.2, 0.25) is 0 Å². The van der Waals surface area contributed by atoms with Crippen LogP contribution in [0, 0.1) is 0 Å². The number of aromatic nitrogens is 3. The number of benzene rings is 3. The van der Waals surface area contributed by atoms with Crippen LogP contribution < -0.4 is 5.32 Å². The third-order valence-corrected chi connectivity index (χ3v) is 4.57. The SMILES string of the molecule is O=C(NCc1nc(-c2ccc3oc(-c4ccccc4)nc3c2)no1)c1ccccc1. The van der Waals surface area contributed by atoms with E-state index in [0.717, 1.165) is 11.1 Å². The van der Waals surface area contributed by atoms with Crippen molar-refractivity contribution in [2.45, 2.75) is 6.54 Å². The zero-order chi connectivity index (χ0) is 20.3. The van der Waals surface area contributed by atoms with E-state index in [2.05, 4.69) is 20.4 Å². The summed E-state index contributed by atoms with van der Waals surface area (Å²) < 4.78 is 11.1. The summed E-state index contributed by atoms with van der Waals surface area (Å²) in [5.74, 6) is 1.10. The van der Waals surface area contributed by atoms with Crippen molar-refractivity contribution >= 4 is 17.0 Å². The molecule has 0 fully saturated rings. The number of nitrogens with zero attached hydrogens (tertiary/aromatic N) is 3. The van der Waals surface area contributed by atoms with Crippen molar-refractivity contribution in [3.05, 3.63) is 90.3 Å². The predicted molar refractivity (Wildman–Crippen MR) is 110 cm³/mol. The minimum atomic E-state index is -0.201. The largest absolute Gasteiger partial charge is 0.436 e. The first-order chi connectivity index (χ1) is 14.8. The van der Waals surface area contributed by atoms with E-state index in [4.69, 9.17) is 8.94 Å². The quantitative estimate of drug-likeness (QED) is 0.471. The molecule has 0 saturated heterocycles. The number of oxazole rings is 1. The van der Waals surface area contributed by atoms with Gasteiger partial charge in [0.1, 0.15) is 5.52 Å². The molecule has 7 nitrogen and oxygen atoms in total. The van der Waals surface area contributed by atoms with Gasteiger partial charge in [0.05, 0.1) is 6.54 Å². The maximum absolute atomic E-state index is 12.1. The van der Waals surface area contributed by atoms with Crippen LogP contribution in [0.15, 0.2) is 87.8 Å². The molecule has 0 bridgehead atoms. The molecule has 0 unspecified atom stereocenters. The van der Waals surface area contributed by atoms with Gasteiger partial charge >= 0.3 is 0 Å². The maximum Gasteiger partial charge on any atom is 0.251 e. The Morgan fingerprint density at radius 3 is 2.43 bits per heavy atom. The van der Waals surface area contributed by atoms with E-state index in [-0.39, 0.29) is 12.5 Å². The van der Waals surface area contributed by atoms with Gasteiger partial charge in [0.15, 0.2) is 5.58 Å². The topological polar surface area (TPSA) is 94.1 Å². The van der Waals surface area contributed by atoms with Gasteiger partial charge in [0.2, 0.25) is 17.6 Å². The van der Waals surface area contributed by atoms with Crippen molar-refractivity contribution in [2.24, 2.45) is 0 Å². The fraction of sp³-hybridized carbons (Fsp3) is 0.0435. The average molecular weight is 396 g/mol. The number of rotatable bonds is 5. The van der Waals surface area contributed by atoms with Crippen LogP contribution in [0.5, 0.6) is 0 Å². The molecule has 0 aliphatic heterocycles. The van der Waals surface area contributed by atoms with E-state index in [1.54, 1.807) is 12.1 Å². The highest BCUT2D eigenvalue weighted by Crippen LogP contribution is 2.27. The number of carbonyl (C=O) groups is 1. The summed E-state index contributed by atoms with van der Waals surface area (Å²) in [5, 5.41) is 6.78. The lowest BCUT2D eigenvalue weighted by molar-refractivity contribution is 0.0946. The average Bonchev–Trinajstić information content (AvgIpc) is 3.45. The van der Waals surface area contributed by atoms with Crippen LogP contribution in [-0.4, -0.2) is 21.0 Å². The van der Waals surface area contributed by atoms with Crippen LogP contribution in [0.3, 0.4) is 0 Å². The number of hydrogen-bond acceptors (Lipinski definition) is 6. The van der Waals surface area contributed by atoms with Crippen LogP contribution in [0.1, 0.15) is 16.2 Å². The summed E-state index contributed by atoms with van der Waals surface area (Å²) in [6.45, 7) is 0.144. The van der Waals surface area contributed by atoms with Crippen LogP contribution in [0.25, 0.3) is 33.9 Å². The molecule has 7 heteroatoms. The summed E-state index contributed by atoms with van der Waals surface area (Å²) >= 11 is 0. The summed E-state index contributed by atoms with van der Waals surface area (Å²) in [5.41, 5.74) is 3.61. The molecule has 0 atom stereocenters. The second kappa shape index (κ2) is 7.63. The Morgan fingerprint density at radius 1 is 0.867 bits per heavy atom. The highest BCUT2D eigenvalue weighted by Gasteiger charge is 2.14. The second-order valence-electron chi connectivity index (χ2n) is 6.63. The van der Waals surface area contributed by atoms with E-state index >= 15 is 0 Å². The zero-order valence-electron chi connectivity index (χ0n) is 15.8. The summed E-state index contributed by atoms with van der Waals surface area (Å²) in [6, 6.07) is 24.2. The first kappa shape index (κ1) is 17.8. The van der Waals surface area contributed by atoms with Gasteiger partial charge in [0, 0.05) is 16.7 Å². The molecule has 0 radical (unpaired) electrons. The molecule has 3 aromatic carbocycles. The van der Waals surface area contributed by atoms with Gasteiger partial charge in [0.25, 0.3) is 5.91 Å². The van der Waals surface area contributed by atoms with E-state index in [1.807, 2.05) is 66.7 Å². The zero-order valence-corrected chi connectivity index (χ0v) is 15.8. The fourth-order valence-corrected chi connectivity index (χ4v) is 3.06. The number of hydrogen-bond donors (Lipinski definition) is 1. The highest BCUT2D eigenvalue weighted by atomic mass is 16.5. The van der Waals surface area contributed by atoms with E-state index < -0.39 is 0 Å². The van der Waals surface area contributed by atoms with Crippen molar-refractivity contribution in [1.29, 1.82) is 0 Å². The van der Waals surface area contributed by atoms with Crippen molar-refractivity contribution in [3.63, 3.8) is 0 Å². The third-order valence-electron chi connectivity index (χ3n) is 4.57.